The van der Waals surface area contributed by atoms with Crippen molar-refractivity contribution in [1.82, 2.24) is 20.2 Å². The van der Waals surface area contributed by atoms with Crippen molar-refractivity contribution in [2.45, 2.75) is 19.3 Å². The highest BCUT2D eigenvalue weighted by Crippen LogP contribution is 2.20. The van der Waals surface area contributed by atoms with E-state index in [-0.39, 0.29) is 5.91 Å². The summed E-state index contributed by atoms with van der Waals surface area (Å²) in [6.45, 7) is 6.26. The molecule has 0 saturated carbocycles. The molecule has 1 aliphatic rings. The molecule has 0 aromatic carbocycles. The minimum absolute atomic E-state index is 0.169. The first kappa shape index (κ1) is 14.7. The van der Waals surface area contributed by atoms with Crippen LogP contribution in [0.4, 0.5) is 0 Å². The Bertz CT molecular complexity index is 475. The van der Waals surface area contributed by atoms with E-state index >= 15 is 0 Å². The van der Waals surface area contributed by atoms with E-state index in [0.717, 1.165) is 25.2 Å². The summed E-state index contributed by atoms with van der Waals surface area (Å²) in [6.07, 6.45) is 8.10. The fourth-order valence-corrected chi connectivity index (χ4v) is 2.67. The highest BCUT2D eigenvalue weighted by molar-refractivity contribution is 5.93. The first-order valence-electron chi connectivity index (χ1n) is 7.08. The SMILES string of the molecule is C=CCNC(=O)c1nccnc1C[C@H]1CCCN(C)C1. The summed E-state index contributed by atoms with van der Waals surface area (Å²) in [6, 6.07) is 0. The lowest BCUT2D eigenvalue weighted by Crippen LogP contribution is -2.34. The van der Waals surface area contributed by atoms with Crippen LogP contribution in [0.25, 0.3) is 0 Å². The van der Waals surface area contributed by atoms with E-state index in [1.54, 1.807) is 18.5 Å². The zero-order valence-corrected chi connectivity index (χ0v) is 12.0. The van der Waals surface area contributed by atoms with E-state index in [4.69, 9.17) is 0 Å². The summed E-state index contributed by atoms with van der Waals surface area (Å²) >= 11 is 0. The molecule has 0 spiro atoms. The van der Waals surface area contributed by atoms with Gasteiger partial charge in [-0.3, -0.25) is 9.78 Å². The minimum Gasteiger partial charge on any atom is -0.347 e. The Labute approximate surface area is 120 Å². The molecule has 2 rings (SSSR count). The summed E-state index contributed by atoms with van der Waals surface area (Å²) in [5, 5.41) is 2.77. The van der Waals surface area contributed by atoms with Gasteiger partial charge in [-0.15, -0.1) is 6.58 Å². The third kappa shape index (κ3) is 3.87. The second-order valence-corrected chi connectivity index (χ2v) is 5.32. The number of likely N-dealkylation sites (tertiary alicyclic amines) is 1. The van der Waals surface area contributed by atoms with Gasteiger partial charge in [0.15, 0.2) is 0 Å². The maximum absolute atomic E-state index is 12.1. The molecule has 1 aromatic rings. The van der Waals surface area contributed by atoms with Gasteiger partial charge in [-0.2, -0.15) is 0 Å². The van der Waals surface area contributed by atoms with Gasteiger partial charge in [0.25, 0.3) is 5.91 Å². The summed E-state index contributed by atoms with van der Waals surface area (Å²) in [7, 11) is 2.14. The first-order valence-corrected chi connectivity index (χ1v) is 7.08. The van der Waals surface area contributed by atoms with Gasteiger partial charge in [0, 0.05) is 25.5 Å². The molecule has 0 aliphatic carbocycles. The number of hydrogen-bond donors (Lipinski definition) is 1. The Morgan fingerprint density at radius 2 is 2.35 bits per heavy atom. The standard InChI is InChI=1S/C15H22N4O/c1-3-6-18-15(20)14-13(16-7-8-17-14)10-12-5-4-9-19(2)11-12/h3,7-8,12H,1,4-6,9-11H2,2H3,(H,18,20)/t12-/m1/s1. The van der Waals surface area contributed by atoms with Gasteiger partial charge in [0.1, 0.15) is 5.69 Å². The van der Waals surface area contributed by atoms with Crippen LogP contribution in [0.1, 0.15) is 29.0 Å². The molecule has 1 atom stereocenters. The number of aromatic nitrogens is 2. The van der Waals surface area contributed by atoms with E-state index in [0.29, 0.717) is 18.2 Å². The molecule has 0 unspecified atom stereocenters. The largest absolute Gasteiger partial charge is 0.347 e. The number of nitrogens with one attached hydrogen (secondary N) is 1. The van der Waals surface area contributed by atoms with Gasteiger partial charge in [0.2, 0.25) is 0 Å². The quantitative estimate of drug-likeness (QED) is 0.822. The maximum atomic E-state index is 12.1. The zero-order chi connectivity index (χ0) is 14.4. The highest BCUT2D eigenvalue weighted by atomic mass is 16.1. The summed E-state index contributed by atoms with van der Waals surface area (Å²) in [5.41, 5.74) is 1.25. The Balaban J connectivity index is 2.07. The molecule has 5 heteroatoms. The zero-order valence-electron chi connectivity index (χ0n) is 12.0. The van der Waals surface area contributed by atoms with Crippen molar-refractivity contribution >= 4 is 5.91 Å². The fourth-order valence-electron chi connectivity index (χ4n) is 2.67. The Kier molecular flexibility index (Phi) is 5.24. The molecule has 1 aliphatic heterocycles. The Hall–Kier alpha value is -1.75. The van der Waals surface area contributed by atoms with Crippen LogP contribution in [0, 0.1) is 5.92 Å². The third-order valence-corrected chi connectivity index (χ3v) is 3.60. The molecule has 108 valence electrons. The van der Waals surface area contributed by atoms with E-state index in [1.165, 1.54) is 12.8 Å². The number of nitrogens with zero attached hydrogens (tertiary/aromatic N) is 3. The monoisotopic (exact) mass is 274 g/mol. The second-order valence-electron chi connectivity index (χ2n) is 5.32. The molecule has 1 fully saturated rings. The van der Waals surface area contributed by atoms with E-state index in [9.17, 15) is 4.79 Å². The molecule has 1 aromatic heterocycles. The van der Waals surface area contributed by atoms with Crippen LogP contribution in [0.15, 0.2) is 25.0 Å². The number of amides is 1. The van der Waals surface area contributed by atoms with Crippen LogP contribution in [0.3, 0.4) is 0 Å². The predicted molar refractivity (Wildman–Crippen MR) is 78.5 cm³/mol. The summed E-state index contributed by atoms with van der Waals surface area (Å²) < 4.78 is 0. The van der Waals surface area contributed by atoms with E-state index in [1.807, 2.05) is 0 Å². The van der Waals surface area contributed by atoms with Crippen molar-refractivity contribution < 1.29 is 4.79 Å². The van der Waals surface area contributed by atoms with Crippen LogP contribution < -0.4 is 5.32 Å². The lowest BCUT2D eigenvalue weighted by atomic mass is 9.93. The van der Waals surface area contributed by atoms with E-state index < -0.39 is 0 Å². The van der Waals surface area contributed by atoms with Crippen molar-refractivity contribution in [1.29, 1.82) is 0 Å². The van der Waals surface area contributed by atoms with Crippen molar-refractivity contribution in [2.24, 2.45) is 5.92 Å². The number of carbonyl (C=O) groups is 1. The molecular weight excluding hydrogens is 252 g/mol. The van der Waals surface area contributed by atoms with Crippen LogP contribution in [0.5, 0.6) is 0 Å². The Morgan fingerprint density at radius 1 is 1.55 bits per heavy atom. The fraction of sp³-hybridized carbons (Fsp3) is 0.533. The number of carbonyl (C=O) groups excluding carboxylic acids is 1. The van der Waals surface area contributed by atoms with Crippen molar-refractivity contribution in [3.05, 3.63) is 36.4 Å². The molecule has 0 radical (unpaired) electrons. The molecule has 1 saturated heterocycles. The molecule has 1 amide bonds. The maximum Gasteiger partial charge on any atom is 0.272 e. The van der Waals surface area contributed by atoms with Gasteiger partial charge in [0.05, 0.1) is 5.69 Å². The van der Waals surface area contributed by atoms with Crippen LogP contribution in [0.2, 0.25) is 0 Å². The first-order chi connectivity index (χ1) is 9.70. The highest BCUT2D eigenvalue weighted by Gasteiger charge is 2.21. The lowest BCUT2D eigenvalue weighted by Gasteiger charge is -2.29. The molecule has 2 heterocycles. The number of piperidine rings is 1. The van der Waals surface area contributed by atoms with Crippen molar-refractivity contribution in [3.63, 3.8) is 0 Å². The van der Waals surface area contributed by atoms with Gasteiger partial charge in [-0.1, -0.05) is 6.08 Å². The average Bonchev–Trinajstić information content (AvgIpc) is 2.45. The lowest BCUT2D eigenvalue weighted by molar-refractivity contribution is 0.0950. The molecular formula is C15H22N4O. The topological polar surface area (TPSA) is 58.1 Å². The normalized spacial score (nSPS) is 19.6. The summed E-state index contributed by atoms with van der Waals surface area (Å²) in [5.74, 6) is 0.383. The molecule has 0 bridgehead atoms. The number of hydrogen-bond acceptors (Lipinski definition) is 4. The third-order valence-electron chi connectivity index (χ3n) is 3.60. The van der Waals surface area contributed by atoms with Gasteiger partial charge in [-0.05, 0) is 38.8 Å². The molecule has 5 nitrogen and oxygen atoms in total. The van der Waals surface area contributed by atoms with Gasteiger partial charge in [-0.25, -0.2) is 4.98 Å². The van der Waals surface area contributed by atoms with E-state index in [2.05, 4.69) is 33.8 Å². The molecule has 1 N–H and O–H groups in total. The number of rotatable bonds is 5. The minimum atomic E-state index is -0.169. The summed E-state index contributed by atoms with van der Waals surface area (Å²) in [4.78, 5) is 22.9. The van der Waals surface area contributed by atoms with Crippen molar-refractivity contribution in [2.75, 3.05) is 26.7 Å². The second kappa shape index (κ2) is 7.14. The van der Waals surface area contributed by atoms with Crippen molar-refractivity contribution in [3.8, 4) is 0 Å². The van der Waals surface area contributed by atoms with Crippen LogP contribution in [-0.2, 0) is 6.42 Å². The van der Waals surface area contributed by atoms with Gasteiger partial charge < -0.3 is 10.2 Å². The predicted octanol–water partition coefficient (Wildman–Crippen LogP) is 1.28. The van der Waals surface area contributed by atoms with Gasteiger partial charge >= 0.3 is 0 Å². The van der Waals surface area contributed by atoms with Crippen LogP contribution >= 0.6 is 0 Å². The van der Waals surface area contributed by atoms with Crippen LogP contribution in [-0.4, -0.2) is 47.5 Å². The Morgan fingerprint density at radius 3 is 3.10 bits per heavy atom. The smallest absolute Gasteiger partial charge is 0.272 e. The molecule has 20 heavy (non-hydrogen) atoms. The average molecular weight is 274 g/mol.